The van der Waals surface area contributed by atoms with Crippen LogP contribution < -0.4 is 5.32 Å². The Balaban J connectivity index is 2.59. The van der Waals surface area contributed by atoms with E-state index >= 15 is 0 Å². The van der Waals surface area contributed by atoms with Gasteiger partial charge in [0, 0.05) is 6.08 Å². The molecule has 0 fully saturated rings. The summed E-state index contributed by atoms with van der Waals surface area (Å²) in [4.78, 5) is 23.1. The maximum absolute atomic E-state index is 11.7. The van der Waals surface area contributed by atoms with Gasteiger partial charge in [0.1, 0.15) is 6.04 Å². The molecule has 0 aliphatic heterocycles. The molecule has 0 saturated carbocycles. The van der Waals surface area contributed by atoms with E-state index < -0.39 is 12.0 Å². The molecular formula is C13H17NO3S. The van der Waals surface area contributed by atoms with E-state index in [-0.39, 0.29) is 11.8 Å². The number of carbonyl (C=O) groups is 2. The quantitative estimate of drug-likeness (QED) is 0.656. The minimum atomic E-state index is -0.616. The van der Waals surface area contributed by atoms with Gasteiger partial charge >= 0.3 is 5.97 Å². The lowest BCUT2D eigenvalue weighted by molar-refractivity contribution is -0.145. The minimum Gasteiger partial charge on any atom is -0.467 e. The summed E-state index contributed by atoms with van der Waals surface area (Å²) >= 11 is 1.56. The van der Waals surface area contributed by atoms with E-state index in [2.05, 4.69) is 10.1 Å². The van der Waals surface area contributed by atoms with Gasteiger partial charge in [0.05, 0.1) is 7.11 Å². The van der Waals surface area contributed by atoms with Crippen molar-refractivity contribution in [2.24, 2.45) is 5.92 Å². The van der Waals surface area contributed by atoms with Crippen molar-refractivity contribution in [2.75, 3.05) is 7.11 Å². The molecule has 4 nitrogen and oxygen atoms in total. The number of hydrogen-bond donors (Lipinski definition) is 1. The van der Waals surface area contributed by atoms with E-state index in [4.69, 9.17) is 0 Å². The first-order valence-corrected chi connectivity index (χ1v) is 6.57. The number of esters is 1. The number of carbonyl (C=O) groups excluding carboxylic acids is 2. The standard InChI is InChI=1S/C13H17NO3S/c1-9(2)12(13(16)17-3)14-11(15)5-4-10-6-7-18-8-10/h4-9,12H,1-3H3,(H,14,15)/b5-4+/t12-/m0/s1. The number of thiophene rings is 1. The molecule has 0 radical (unpaired) electrons. The monoisotopic (exact) mass is 267 g/mol. The molecule has 1 atom stereocenters. The smallest absolute Gasteiger partial charge is 0.328 e. The van der Waals surface area contributed by atoms with Crippen molar-refractivity contribution in [1.82, 2.24) is 5.32 Å². The predicted molar refractivity (Wildman–Crippen MR) is 72.1 cm³/mol. The van der Waals surface area contributed by atoms with Crippen LogP contribution in [0.1, 0.15) is 19.4 Å². The summed E-state index contributed by atoms with van der Waals surface area (Å²) in [5.41, 5.74) is 0.967. The Hall–Kier alpha value is -1.62. The summed E-state index contributed by atoms with van der Waals surface area (Å²) in [6.45, 7) is 3.70. The van der Waals surface area contributed by atoms with Gasteiger partial charge < -0.3 is 10.1 Å². The molecule has 0 spiro atoms. The second-order valence-corrected chi connectivity index (χ2v) is 4.92. The molecule has 0 aliphatic rings. The second kappa shape index (κ2) is 6.96. The zero-order valence-corrected chi connectivity index (χ0v) is 11.5. The summed E-state index contributed by atoms with van der Waals surface area (Å²) in [6, 6.07) is 1.30. The normalized spacial score (nSPS) is 12.7. The van der Waals surface area contributed by atoms with Gasteiger partial charge in [-0.05, 0) is 34.4 Å². The van der Waals surface area contributed by atoms with Gasteiger partial charge in [-0.1, -0.05) is 13.8 Å². The van der Waals surface area contributed by atoms with Gasteiger partial charge in [-0.2, -0.15) is 11.3 Å². The van der Waals surface area contributed by atoms with Gasteiger partial charge in [-0.15, -0.1) is 0 Å². The first-order chi connectivity index (χ1) is 8.54. The Morgan fingerprint density at radius 3 is 2.67 bits per heavy atom. The van der Waals surface area contributed by atoms with E-state index in [0.29, 0.717) is 0 Å². The van der Waals surface area contributed by atoms with Gasteiger partial charge in [0.15, 0.2) is 0 Å². The van der Waals surface area contributed by atoms with Crippen LogP contribution in [0, 0.1) is 5.92 Å². The largest absolute Gasteiger partial charge is 0.467 e. The van der Waals surface area contributed by atoms with Gasteiger partial charge in [-0.25, -0.2) is 4.79 Å². The fourth-order valence-corrected chi connectivity index (χ4v) is 2.00. The van der Waals surface area contributed by atoms with Crippen LogP contribution in [0.5, 0.6) is 0 Å². The molecule has 0 unspecified atom stereocenters. The van der Waals surface area contributed by atoms with Crippen molar-refractivity contribution in [3.8, 4) is 0 Å². The number of ether oxygens (including phenoxy) is 1. The lowest BCUT2D eigenvalue weighted by Gasteiger charge is -2.18. The summed E-state index contributed by atoms with van der Waals surface area (Å²) < 4.78 is 4.65. The number of methoxy groups -OCH3 is 1. The third kappa shape index (κ3) is 4.33. The molecule has 1 aromatic heterocycles. The minimum absolute atomic E-state index is 0.0176. The van der Waals surface area contributed by atoms with E-state index in [1.807, 2.05) is 30.7 Å². The molecule has 0 aromatic carbocycles. The van der Waals surface area contributed by atoms with Crippen molar-refractivity contribution < 1.29 is 14.3 Å². The molecule has 0 bridgehead atoms. The highest BCUT2D eigenvalue weighted by Crippen LogP contribution is 2.08. The van der Waals surface area contributed by atoms with Gasteiger partial charge in [-0.3, -0.25) is 4.79 Å². The van der Waals surface area contributed by atoms with Crippen molar-refractivity contribution >= 4 is 29.3 Å². The second-order valence-electron chi connectivity index (χ2n) is 4.14. The van der Waals surface area contributed by atoms with Gasteiger partial charge in [0.2, 0.25) is 5.91 Å². The highest BCUT2D eigenvalue weighted by atomic mass is 32.1. The Morgan fingerprint density at radius 1 is 1.44 bits per heavy atom. The Kier molecular flexibility index (Phi) is 5.58. The SMILES string of the molecule is COC(=O)[C@@H](NC(=O)/C=C/c1ccsc1)C(C)C. The van der Waals surface area contributed by atoms with Crippen LogP contribution in [0.4, 0.5) is 0 Å². The Bertz CT molecular complexity index is 423. The average Bonchev–Trinajstić information content (AvgIpc) is 2.85. The van der Waals surface area contributed by atoms with Crippen LogP contribution in [0.3, 0.4) is 0 Å². The summed E-state index contributed by atoms with van der Waals surface area (Å²) in [5.74, 6) is -0.747. The number of hydrogen-bond acceptors (Lipinski definition) is 4. The van der Waals surface area contributed by atoms with Crippen molar-refractivity contribution in [3.63, 3.8) is 0 Å². The summed E-state index contributed by atoms with van der Waals surface area (Å²) in [6.07, 6.45) is 3.13. The molecule has 0 saturated heterocycles. The predicted octanol–water partition coefficient (Wildman–Crippen LogP) is 2.08. The van der Waals surface area contributed by atoms with Gasteiger partial charge in [0.25, 0.3) is 0 Å². The zero-order valence-electron chi connectivity index (χ0n) is 10.7. The molecule has 5 heteroatoms. The van der Waals surface area contributed by atoms with Crippen LogP contribution in [0.2, 0.25) is 0 Å². The lowest BCUT2D eigenvalue weighted by Crippen LogP contribution is -2.44. The van der Waals surface area contributed by atoms with Crippen molar-refractivity contribution in [2.45, 2.75) is 19.9 Å². The molecule has 1 aromatic rings. The maximum atomic E-state index is 11.7. The fourth-order valence-electron chi connectivity index (χ4n) is 1.37. The molecule has 1 rings (SSSR count). The van der Waals surface area contributed by atoms with E-state index in [9.17, 15) is 9.59 Å². The highest BCUT2D eigenvalue weighted by Gasteiger charge is 2.23. The summed E-state index contributed by atoms with van der Waals surface area (Å²) in [7, 11) is 1.31. The Labute approximate surface area is 111 Å². The van der Waals surface area contributed by atoms with Crippen molar-refractivity contribution in [1.29, 1.82) is 0 Å². The molecule has 0 aliphatic carbocycles. The van der Waals surface area contributed by atoms with E-state index in [0.717, 1.165) is 5.56 Å². The molecule has 1 heterocycles. The van der Waals surface area contributed by atoms with E-state index in [1.54, 1.807) is 17.4 Å². The third-order valence-corrected chi connectivity index (χ3v) is 3.09. The molecular weight excluding hydrogens is 250 g/mol. The van der Waals surface area contributed by atoms with Crippen LogP contribution in [0.15, 0.2) is 22.9 Å². The molecule has 18 heavy (non-hydrogen) atoms. The molecule has 1 amide bonds. The zero-order chi connectivity index (χ0) is 13.5. The number of amides is 1. The fraction of sp³-hybridized carbons (Fsp3) is 0.385. The van der Waals surface area contributed by atoms with Crippen molar-refractivity contribution in [3.05, 3.63) is 28.5 Å². The topological polar surface area (TPSA) is 55.4 Å². The van der Waals surface area contributed by atoms with Crippen LogP contribution in [0.25, 0.3) is 6.08 Å². The van der Waals surface area contributed by atoms with E-state index in [1.165, 1.54) is 13.2 Å². The summed E-state index contributed by atoms with van der Waals surface area (Å²) in [5, 5.41) is 6.50. The van der Waals surface area contributed by atoms with Crippen LogP contribution >= 0.6 is 11.3 Å². The first kappa shape index (κ1) is 14.4. The van der Waals surface area contributed by atoms with Crippen LogP contribution in [-0.2, 0) is 14.3 Å². The average molecular weight is 267 g/mol. The Morgan fingerprint density at radius 2 is 2.17 bits per heavy atom. The number of rotatable bonds is 5. The van der Waals surface area contributed by atoms with Crippen LogP contribution in [-0.4, -0.2) is 25.0 Å². The third-order valence-electron chi connectivity index (χ3n) is 2.39. The molecule has 98 valence electrons. The first-order valence-electron chi connectivity index (χ1n) is 5.63. The number of nitrogens with one attached hydrogen (secondary N) is 1. The highest BCUT2D eigenvalue weighted by molar-refractivity contribution is 7.08. The maximum Gasteiger partial charge on any atom is 0.328 e. The lowest BCUT2D eigenvalue weighted by atomic mass is 10.0. The molecule has 1 N–H and O–H groups in total.